The second-order valence-corrected chi connectivity index (χ2v) is 7.51. The molecule has 4 nitrogen and oxygen atoms in total. The quantitative estimate of drug-likeness (QED) is 0.567. The van der Waals surface area contributed by atoms with Gasteiger partial charge in [0.05, 0.1) is 11.3 Å². The van der Waals surface area contributed by atoms with Crippen LogP contribution >= 0.6 is 11.6 Å². The highest BCUT2D eigenvalue weighted by molar-refractivity contribution is 6.46. The number of benzene rings is 3. The Labute approximate surface area is 178 Å². The maximum absolute atomic E-state index is 14.4. The Morgan fingerprint density at radius 2 is 1.60 bits per heavy atom. The lowest BCUT2D eigenvalue weighted by molar-refractivity contribution is -0.120. The van der Waals surface area contributed by atoms with Crippen molar-refractivity contribution in [3.63, 3.8) is 0 Å². The SMILES string of the molecule is Cc1ccc(C2=C(Nc3ccc(C)c(Cl)c3)C(=O)N(c3ccccc3F)C2=O)cc1. The summed E-state index contributed by atoms with van der Waals surface area (Å²) in [6.07, 6.45) is 0. The number of hydrogen-bond acceptors (Lipinski definition) is 3. The van der Waals surface area contributed by atoms with E-state index in [0.717, 1.165) is 16.0 Å². The molecule has 0 aromatic heterocycles. The molecule has 0 spiro atoms. The molecule has 0 saturated heterocycles. The number of carbonyl (C=O) groups excluding carboxylic acids is 2. The van der Waals surface area contributed by atoms with E-state index in [1.54, 1.807) is 30.3 Å². The van der Waals surface area contributed by atoms with E-state index in [9.17, 15) is 14.0 Å². The molecule has 3 aromatic carbocycles. The van der Waals surface area contributed by atoms with Gasteiger partial charge in [-0.25, -0.2) is 9.29 Å². The van der Waals surface area contributed by atoms with E-state index in [2.05, 4.69) is 5.32 Å². The highest BCUT2D eigenvalue weighted by Gasteiger charge is 2.41. The monoisotopic (exact) mass is 420 g/mol. The topological polar surface area (TPSA) is 49.4 Å². The van der Waals surface area contributed by atoms with E-state index in [1.807, 2.05) is 32.0 Å². The molecule has 0 aliphatic carbocycles. The van der Waals surface area contributed by atoms with Gasteiger partial charge in [-0.3, -0.25) is 9.59 Å². The van der Waals surface area contributed by atoms with Crippen LogP contribution in [0, 0.1) is 19.7 Å². The first-order chi connectivity index (χ1) is 14.4. The number of carbonyl (C=O) groups is 2. The van der Waals surface area contributed by atoms with Crippen molar-refractivity contribution in [2.75, 3.05) is 10.2 Å². The zero-order valence-corrected chi connectivity index (χ0v) is 17.1. The highest BCUT2D eigenvalue weighted by atomic mass is 35.5. The number of nitrogens with one attached hydrogen (secondary N) is 1. The average Bonchev–Trinajstić information content (AvgIpc) is 2.96. The van der Waals surface area contributed by atoms with Gasteiger partial charge in [0.2, 0.25) is 0 Å². The first kappa shape index (κ1) is 19.9. The molecular formula is C24H18ClFN2O2. The zero-order chi connectivity index (χ0) is 21.4. The molecule has 2 amide bonds. The maximum Gasteiger partial charge on any atom is 0.282 e. The molecule has 1 heterocycles. The normalized spacial score (nSPS) is 13.9. The number of nitrogens with zero attached hydrogens (tertiary/aromatic N) is 1. The van der Waals surface area contributed by atoms with Crippen LogP contribution in [0.4, 0.5) is 15.8 Å². The van der Waals surface area contributed by atoms with Gasteiger partial charge in [-0.15, -0.1) is 0 Å². The lowest BCUT2D eigenvalue weighted by Crippen LogP contribution is -2.33. The fourth-order valence-electron chi connectivity index (χ4n) is 3.30. The van der Waals surface area contributed by atoms with E-state index in [4.69, 9.17) is 11.6 Å². The fraction of sp³-hybridized carbons (Fsp3) is 0.0833. The summed E-state index contributed by atoms with van der Waals surface area (Å²) >= 11 is 6.21. The van der Waals surface area contributed by atoms with Crippen LogP contribution in [0.15, 0.2) is 72.4 Å². The molecule has 4 rings (SSSR count). The Kier molecular flexibility index (Phi) is 5.14. The zero-order valence-electron chi connectivity index (χ0n) is 16.4. The molecule has 1 aliphatic heterocycles. The molecule has 0 fully saturated rings. The predicted octanol–water partition coefficient (Wildman–Crippen LogP) is 5.49. The average molecular weight is 421 g/mol. The summed E-state index contributed by atoms with van der Waals surface area (Å²) < 4.78 is 14.4. The van der Waals surface area contributed by atoms with Crippen molar-refractivity contribution in [3.8, 4) is 0 Å². The molecule has 0 radical (unpaired) electrons. The van der Waals surface area contributed by atoms with Crippen molar-refractivity contribution in [2.24, 2.45) is 0 Å². The lowest BCUT2D eigenvalue weighted by atomic mass is 10.0. The second kappa shape index (κ2) is 7.76. The minimum absolute atomic E-state index is 0.0759. The molecule has 0 bridgehead atoms. The molecule has 150 valence electrons. The Hall–Kier alpha value is -3.44. The predicted molar refractivity (Wildman–Crippen MR) is 117 cm³/mol. The smallest absolute Gasteiger partial charge is 0.282 e. The minimum atomic E-state index is -0.651. The van der Waals surface area contributed by atoms with Gasteiger partial charge in [0.25, 0.3) is 11.8 Å². The van der Waals surface area contributed by atoms with Crippen molar-refractivity contribution in [1.29, 1.82) is 0 Å². The van der Waals surface area contributed by atoms with Crippen LogP contribution in [0.25, 0.3) is 5.57 Å². The van der Waals surface area contributed by atoms with E-state index < -0.39 is 17.6 Å². The molecule has 1 aliphatic rings. The van der Waals surface area contributed by atoms with Gasteiger partial charge < -0.3 is 5.32 Å². The number of para-hydroxylation sites is 1. The Morgan fingerprint density at radius 1 is 0.900 bits per heavy atom. The van der Waals surface area contributed by atoms with E-state index in [1.165, 1.54) is 18.2 Å². The second-order valence-electron chi connectivity index (χ2n) is 7.10. The first-order valence-electron chi connectivity index (χ1n) is 9.34. The van der Waals surface area contributed by atoms with Crippen LogP contribution in [0.5, 0.6) is 0 Å². The molecule has 0 unspecified atom stereocenters. The van der Waals surface area contributed by atoms with Crippen LogP contribution in [-0.2, 0) is 9.59 Å². The third kappa shape index (κ3) is 3.48. The largest absolute Gasteiger partial charge is 0.350 e. The highest BCUT2D eigenvalue weighted by Crippen LogP contribution is 2.35. The summed E-state index contributed by atoms with van der Waals surface area (Å²) in [4.78, 5) is 27.4. The Bertz CT molecular complexity index is 1200. The van der Waals surface area contributed by atoms with Crippen molar-refractivity contribution in [1.82, 2.24) is 0 Å². The third-order valence-corrected chi connectivity index (χ3v) is 5.37. The van der Waals surface area contributed by atoms with Crippen LogP contribution in [-0.4, -0.2) is 11.8 Å². The van der Waals surface area contributed by atoms with Crippen molar-refractivity contribution in [3.05, 3.63) is 100.0 Å². The van der Waals surface area contributed by atoms with Gasteiger partial charge in [-0.2, -0.15) is 0 Å². The summed E-state index contributed by atoms with van der Waals surface area (Å²) in [6.45, 7) is 3.80. The van der Waals surface area contributed by atoms with E-state index in [-0.39, 0.29) is 17.0 Å². The van der Waals surface area contributed by atoms with Crippen LogP contribution in [0.2, 0.25) is 5.02 Å². The van der Waals surface area contributed by atoms with E-state index in [0.29, 0.717) is 16.3 Å². The molecule has 0 saturated carbocycles. The van der Waals surface area contributed by atoms with Gasteiger partial charge in [0.1, 0.15) is 11.5 Å². The molecule has 0 atom stereocenters. The van der Waals surface area contributed by atoms with Gasteiger partial charge in [-0.05, 0) is 49.2 Å². The Balaban J connectivity index is 1.84. The number of hydrogen-bond donors (Lipinski definition) is 1. The summed E-state index contributed by atoms with van der Waals surface area (Å²) in [5.74, 6) is -1.87. The van der Waals surface area contributed by atoms with Gasteiger partial charge in [0, 0.05) is 10.7 Å². The molecular weight excluding hydrogens is 403 g/mol. The number of amides is 2. The van der Waals surface area contributed by atoms with Crippen LogP contribution < -0.4 is 10.2 Å². The fourth-order valence-corrected chi connectivity index (χ4v) is 3.48. The number of imide groups is 1. The van der Waals surface area contributed by atoms with Gasteiger partial charge >= 0.3 is 0 Å². The van der Waals surface area contributed by atoms with Gasteiger partial charge in [-0.1, -0.05) is 59.6 Å². The Morgan fingerprint density at radius 3 is 2.27 bits per heavy atom. The first-order valence-corrected chi connectivity index (χ1v) is 9.72. The standard InChI is InChI=1S/C24H18ClFN2O2/c1-14-7-10-16(11-8-14)21-22(27-17-12-9-15(2)18(25)13-17)24(30)28(23(21)29)20-6-4-3-5-19(20)26/h3-13,27H,1-2H3. The third-order valence-electron chi connectivity index (χ3n) is 4.96. The number of anilines is 2. The molecule has 3 aromatic rings. The summed E-state index contributed by atoms with van der Waals surface area (Å²) in [5, 5.41) is 3.56. The summed E-state index contributed by atoms with van der Waals surface area (Å²) in [7, 11) is 0. The molecule has 30 heavy (non-hydrogen) atoms. The minimum Gasteiger partial charge on any atom is -0.350 e. The van der Waals surface area contributed by atoms with Crippen molar-refractivity contribution in [2.45, 2.75) is 13.8 Å². The number of rotatable bonds is 4. The number of aryl methyl sites for hydroxylation is 2. The number of halogens is 2. The van der Waals surface area contributed by atoms with E-state index >= 15 is 0 Å². The van der Waals surface area contributed by atoms with Crippen molar-refractivity contribution >= 4 is 40.4 Å². The lowest BCUT2D eigenvalue weighted by Gasteiger charge is -2.16. The molecule has 6 heteroatoms. The van der Waals surface area contributed by atoms with Crippen molar-refractivity contribution < 1.29 is 14.0 Å². The summed E-state index contributed by atoms with van der Waals surface area (Å²) in [5.41, 5.74) is 3.20. The summed E-state index contributed by atoms with van der Waals surface area (Å²) in [6, 6.07) is 18.2. The van der Waals surface area contributed by atoms with Gasteiger partial charge in [0.15, 0.2) is 0 Å². The van der Waals surface area contributed by atoms with Crippen LogP contribution in [0.3, 0.4) is 0 Å². The maximum atomic E-state index is 14.4. The van der Waals surface area contributed by atoms with Crippen LogP contribution in [0.1, 0.15) is 16.7 Å². The molecule has 1 N–H and O–H groups in total.